The van der Waals surface area contributed by atoms with Crippen molar-refractivity contribution in [1.82, 2.24) is 5.32 Å². The summed E-state index contributed by atoms with van der Waals surface area (Å²) in [6, 6.07) is 3.12. The van der Waals surface area contributed by atoms with E-state index in [9.17, 15) is 9.59 Å². The molecule has 0 saturated carbocycles. The van der Waals surface area contributed by atoms with Crippen molar-refractivity contribution in [1.29, 1.82) is 0 Å². The Labute approximate surface area is 118 Å². The summed E-state index contributed by atoms with van der Waals surface area (Å²) in [6.45, 7) is 7.62. The summed E-state index contributed by atoms with van der Waals surface area (Å²) in [6.07, 6.45) is 0.129. The van der Waals surface area contributed by atoms with Crippen LogP contribution in [0.3, 0.4) is 0 Å². The third-order valence-electron chi connectivity index (χ3n) is 3.10. The second-order valence-corrected chi connectivity index (χ2v) is 4.93. The zero-order valence-corrected chi connectivity index (χ0v) is 12.3. The van der Waals surface area contributed by atoms with Crippen molar-refractivity contribution in [2.45, 2.75) is 40.2 Å². The van der Waals surface area contributed by atoms with Crippen LogP contribution in [0, 0.1) is 20.8 Å². The highest BCUT2D eigenvalue weighted by atomic mass is 16.5. The first kappa shape index (κ1) is 16.0. The number of nitrogens with one attached hydrogen (secondary N) is 1. The maximum Gasteiger partial charge on any atom is 0.325 e. The van der Waals surface area contributed by atoms with Crippen LogP contribution in [0.4, 0.5) is 0 Å². The van der Waals surface area contributed by atoms with Gasteiger partial charge in [0, 0.05) is 0 Å². The van der Waals surface area contributed by atoms with Crippen molar-refractivity contribution >= 4 is 11.9 Å². The van der Waals surface area contributed by atoms with Crippen LogP contribution in [-0.4, -0.2) is 29.6 Å². The highest BCUT2D eigenvalue weighted by Crippen LogP contribution is 2.23. The average molecular weight is 279 g/mol. The van der Waals surface area contributed by atoms with Gasteiger partial charge in [-0.1, -0.05) is 6.07 Å². The van der Waals surface area contributed by atoms with Gasteiger partial charge in [0.05, 0.1) is 13.0 Å². The van der Waals surface area contributed by atoms with Crippen molar-refractivity contribution in [3.8, 4) is 5.75 Å². The first-order valence-corrected chi connectivity index (χ1v) is 6.54. The Morgan fingerprint density at radius 3 is 2.55 bits per heavy atom. The predicted molar refractivity (Wildman–Crippen MR) is 76.0 cm³/mol. The number of aryl methyl sites for hydroxylation is 2. The van der Waals surface area contributed by atoms with Gasteiger partial charge >= 0.3 is 5.97 Å². The molecule has 5 nitrogen and oxygen atoms in total. The molecular formula is C15H21NO4. The minimum absolute atomic E-state index is 0.129. The number of amides is 1. The highest BCUT2D eigenvalue weighted by Gasteiger charge is 2.13. The molecule has 0 aliphatic heterocycles. The van der Waals surface area contributed by atoms with Gasteiger partial charge in [0.2, 0.25) is 5.91 Å². The number of benzene rings is 1. The van der Waals surface area contributed by atoms with Gasteiger partial charge in [-0.2, -0.15) is 0 Å². The number of carboxylic acids is 1. The molecule has 0 heterocycles. The zero-order chi connectivity index (χ0) is 15.3. The van der Waals surface area contributed by atoms with Gasteiger partial charge in [0.25, 0.3) is 0 Å². The van der Waals surface area contributed by atoms with Gasteiger partial charge < -0.3 is 15.2 Å². The van der Waals surface area contributed by atoms with E-state index >= 15 is 0 Å². The highest BCUT2D eigenvalue weighted by molar-refractivity contribution is 5.83. The van der Waals surface area contributed by atoms with Crippen molar-refractivity contribution in [3.05, 3.63) is 28.8 Å². The van der Waals surface area contributed by atoms with Crippen LogP contribution in [0.25, 0.3) is 0 Å². The second-order valence-electron chi connectivity index (χ2n) is 4.93. The molecule has 110 valence electrons. The zero-order valence-electron chi connectivity index (χ0n) is 12.3. The standard InChI is InChI=1S/C15H21NO4/c1-9-7-10(2)11(3)13(8-9)20-6-5-14(17)16-12(4)15(18)19/h7-8,12H,5-6H2,1-4H3,(H,16,17)(H,18,19)/t12-/m0/s1. The Bertz CT molecular complexity index is 511. The van der Waals surface area contributed by atoms with Gasteiger partial charge in [-0.3, -0.25) is 9.59 Å². The number of carbonyl (C=O) groups is 2. The van der Waals surface area contributed by atoms with Crippen LogP contribution in [0.15, 0.2) is 12.1 Å². The maximum absolute atomic E-state index is 11.5. The Balaban J connectivity index is 2.49. The largest absolute Gasteiger partial charge is 0.493 e. The summed E-state index contributed by atoms with van der Waals surface area (Å²) in [5.41, 5.74) is 3.30. The number of ether oxygens (including phenoxy) is 1. The summed E-state index contributed by atoms with van der Waals surface area (Å²) in [4.78, 5) is 22.1. The summed E-state index contributed by atoms with van der Waals surface area (Å²) in [7, 11) is 0. The molecular weight excluding hydrogens is 258 g/mol. The van der Waals surface area contributed by atoms with Crippen LogP contribution < -0.4 is 10.1 Å². The summed E-state index contributed by atoms with van der Waals surface area (Å²) in [5, 5.41) is 11.1. The van der Waals surface area contributed by atoms with Crippen LogP contribution in [0.2, 0.25) is 0 Å². The minimum atomic E-state index is -1.05. The normalized spacial score (nSPS) is 11.8. The number of hydrogen-bond acceptors (Lipinski definition) is 3. The Kier molecular flexibility index (Phi) is 5.55. The van der Waals surface area contributed by atoms with Gasteiger partial charge in [-0.15, -0.1) is 0 Å². The third-order valence-corrected chi connectivity index (χ3v) is 3.10. The van der Waals surface area contributed by atoms with E-state index in [1.807, 2.05) is 26.8 Å². The fraction of sp³-hybridized carbons (Fsp3) is 0.467. The Morgan fingerprint density at radius 1 is 1.30 bits per heavy atom. The average Bonchev–Trinajstić information content (AvgIpc) is 2.34. The molecule has 1 atom stereocenters. The predicted octanol–water partition coefficient (Wildman–Crippen LogP) is 1.97. The Morgan fingerprint density at radius 2 is 1.95 bits per heavy atom. The van der Waals surface area contributed by atoms with Crippen molar-refractivity contribution < 1.29 is 19.4 Å². The lowest BCUT2D eigenvalue weighted by Gasteiger charge is -2.13. The van der Waals surface area contributed by atoms with Crippen LogP contribution in [0.5, 0.6) is 5.75 Å². The van der Waals surface area contributed by atoms with Crippen molar-refractivity contribution in [2.24, 2.45) is 0 Å². The molecule has 1 amide bonds. The lowest BCUT2D eigenvalue weighted by atomic mass is 10.1. The van der Waals surface area contributed by atoms with Crippen LogP contribution >= 0.6 is 0 Å². The number of rotatable bonds is 6. The quantitative estimate of drug-likeness (QED) is 0.834. The molecule has 0 aromatic heterocycles. The molecule has 1 rings (SSSR count). The van der Waals surface area contributed by atoms with E-state index in [2.05, 4.69) is 11.4 Å². The van der Waals surface area contributed by atoms with E-state index in [1.165, 1.54) is 6.92 Å². The van der Waals surface area contributed by atoms with E-state index in [-0.39, 0.29) is 18.9 Å². The Hall–Kier alpha value is -2.04. The SMILES string of the molecule is Cc1cc(C)c(C)c(OCCC(=O)N[C@@H](C)C(=O)O)c1. The smallest absolute Gasteiger partial charge is 0.325 e. The molecule has 1 aromatic carbocycles. The molecule has 0 aliphatic carbocycles. The number of aliphatic carboxylic acids is 1. The van der Waals surface area contributed by atoms with Crippen molar-refractivity contribution in [2.75, 3.05) is 6.61 Å². The van der Waals surface area contributed by atoms with Gasteiger partial charge in [-0.05, 0) is 50.5 Å². The van der Waals surface area contributed by atoms with Crippen LogP contribution in [-0.2, 0) is 9.59 Å². The van der Waals surface area contributed by atoms with Gasteiger partial charge in [0.15, 0.2) is 0 Å². The first-order valence-electron chi connectivity index (χ1n) is 6.54. The summed E-state index contributed by atoms with van der Waals surface area (Å²) in [5.74, 6) is -0.618. The molecule has 0 spiro atoms. The molecule has 0 saturated heterocycles. The molecule has 5 heteroatoms. The lowest BCUT2D eigenvalue weighted by molar-refractivity contribution is -0.141. The van der Waals surface area contributed by atoms with Gasteiger partial charge in [0.1, 0.15) is 11.8 Å². The maximum atomic E-state index is 11.5. The molecule has 0 bridgehead atoms. The van der Waals surface area contributed by atoms with E-state index in [1.54, 1.807) is 0 Å². The minimum Gasteiger partial charge on any atom is -0.493 e. The summed E-state index contributed by atoms with van der Waals surface area (Å²) >= 11 is 0. The molecule has 0 fully saturated rings. The molecule has 2 N–H and O–H groups in total. The molecule has 20 heavy (non-hydrogen) atoms. The number of carboxylic acid groups (broad SMARTS) is 1. The molecule has 0 radical (unpaired) electrons. The molecule has 1 aromatic rings. The fourth-order valence-corrected chi connectivity index (χ4v) is 1.78. The fourth-order valence-electron chi connectivity index (χ4n) is 1.78. The second kappa shape index (κ2) is 6.93. The number of hydrogen-bond donors (Lipinski definition) is 2. The first-order chi connectivity index (χ1) is 9.31. The number of carbonyl (C=O) groups excluding carboxylic acids is 1. The lowest BCUT2D eigenvalue weighted by Crippen LogP contribution is -2.38. The van der Waals surface area contributed by atoms with E-state index in [0.717, 1.165) is 22.4 Å². The van der Waals surface area contributed by atoms with E-state index < -0.39 is 12.0 Å². The monoisotopic (exact) mass is 279 g/mol. The van der Waals surface area contributed by atoms with Gasteiger partial charge in [-0.25, -0.2) is 0 Å². The van der Waals surface area contributed by atoms with E-state index in [4.69, 9.17) is 9.84 Å². The van der Waals surface area contributed by atoms with Crippen LogP contribution in [0.1, 0.15) is 30.0 Å². The molecule has 0 unspecified atom stereocenters. The van der Waals surface area contributed by atoms with Crippen molar-refractivity contribution in [3.63, 3.8) is 0 Å². The topological polar surface area (TPSA) is 75.6 Å². The summed E-state index contributed by atoms with van der Waals surface area (Å²) < 4.78 is 5.60. The third kappa shape index (κ3) is 4.57. The molecule has 0 aliphatic rings. The van der Waals surface area contributed by atoms with E-state index in [0.29, 0.717) is 0 Å².